The van der Waals surface area contributed by atoms with E-state index in [9.17, 15) is 0 Å². The first kappa shape index (κ1) is 9.35. The van der Waals surface area contributed by atoms with Crippen molar-refractivity contribution in [2.75, 3.05) is 0 Å². The van der Waals surface area contributed by atoms with Crippen molar-refractivity contribution in [2.24, 2.45) is 5.84 Å². The van der Waals surface area contributed by atoms with E-state index in [0.29, 0.717) is 6.54 Å². The van der Waals surface area contributed by atoms with Crippen LogP contribution in [0.25, 0.3) is 0 Å². The van der Waals surface area contributed by atoms with Gasteiger partial charge >= 0.3 is 0 Å². The Kier molecular flexibility index (Phi) is 3.94. The summed E-state index contributed by atoms with van der Waals surface area (Å²) in [5.74, 6) is 5.03. The molecule has 0 saturated heterocycles. The van der Waals surface area contributed by atoms with E-state index in [-0.39, 0.29) is 12.4 Å². The minimum atomic E-state index is 0. The topological polar surface area (TPSA) is 77.0 Å². The predicted octanol–water partition coefficient (Wildman–Crippen LogP) is -0.237. The van der Waals surface area contributed by atoms with Gasteiger partial charge in [-0.15, -0.1) is 12.4 Å². The first-order chi connectivity index (χ1) is 4.34. The maximum atomic E-state index is 5.03. The van der Waals surface area contributed by atoms with Crippen LogP contribution < -0.4 is 11.3 Å². The number of halogens is 1. The fraction of sp³-hybridized carbons (Fsp3) is 0.500. The van der Waals surface area contributed by atoms with Gasteiger partial charge in [0.05, 0.1) is 6.54 Å². The molecule has 10 heavy (non-hydrogen) atoms. The van der Waals surface area contributed by atoms with E-state index in [1.165, 1.54) is 0 Å². The van der Waals surface area contributed by atoms with Crippen molar-refractivity contribution < 1.29 is 4.63 Å². The predicted molar refractivity (Wildman–Crippen MR) is 37.3 cm³/mol. The van der Waals surface area contributed by atoms with Crippen molar-refractivity contribution in [2.45, 2.75) is 13.5 Å². The summed E-state index contributed by atoms with van der Waals surface area (Å²) in [6, 6.07) is 0. The first-order valence-electron chi connectivity index (χ1n) is 2.56. The number of nitrogens with zero attached hydrogens (tertiary/aromatic N) is 2. The lowest BCUT2D eigenvalue weighted by molar-refractivity contribution is 0.300. The summed E-state index contributed by atoms with van der Waals surface area (Å²) < 4.78 is 4.40. The van der Waals surface area contributed by atoms with Crippen LogP contribution >= 0.6 is 12.4 Å². The van der Waals surface area contributed by atoms with Crippen LogP contribution in [0.5, 0.6) is 0 Å². The van der Waals surface area contributed by atoms with Crippen LogP contribution in [-0.4, -0.2) is 10.3 Å². The molecule has 0 unspecified atom stereocenters. The molecule has 0 spiro atoms. The Morgan fingerprint density at radius 3 is 2.70 bits per heavy atom. The summed E-state index contributed by atoms with van der Waals surface area (Å²) in [5, 5.41) is 7.13. The molecule has 0 aromatic carbocycles. The molecule has 1 heterocycles. The molecule has 3 N–H and O–H groups in total. The molecular weight excluding hydrogens is 156 g/mol. The third-order valence-corrected chi connectivity index (χ3v) is 1.02. The molecule has 0 aliphatic carbocycles. The lowest BCUT2D eigenvalue weighted by Gasteiger charge is -1.89. The summed E-state index contributed by atoms with van der Waals surface area (Å²) in [5.41, 5.74) is 3.97. The highest BCUT2D eigenvalue weighted by Crippen LogP contribution is 1.97. The zero-order valence-corrected chi connectivity index (χ0v) is 6.31. The number of aromatic nitrogens is 2. The number of hydrazine groups is 1. The van der Waals surface area contributed by atoms with Gasteiger partial charge in [-0.2, -0.15) is 0 Å². The van der Waals surface area contributed by atoms with Crippen LogP contribution in [-0.2, 0) is 6.54 Å². The molecule has 0 atom stereocenters. The largest absolute Gasteiger partial charge is 0.271 e. The number of aryl methyl sites for hydroxylation is 1. The Labute approximate surface area is 64.3 Å². The monoisotopic (exact) mass is 164 g/mol. The van der Waals surface area contributed by atoms with Crippen molar-refractivity contribution in [3.63, 3.8) is 0 Å². The minimum Gasteiger partial charge on any atom is -0.271 e. The molecule has 6 heteroatoms. The van der Waals surface area contributed by atoms with Crippen LogP contribution in [0, 0.1) is 6.92 Å². The van der Waals surface area contributed by atoms with Crippen LogP contribution in [0.3, 0.4) is 0 Å². The Morgan fingerprint density at radius 2 is 2.30 bits per heavy atom. The van der Waals surface area contributed by atoms with Crippen molar-refractivity contribution >= 4 is 12.4 Å². The summed E-state index contributed by atoms with van der Waals surface area (Å²) in [7, 11) is 0. The van der Waals surface area contributed by atoms with Gasteiger partial charge in [0, 0.05) is 0 Å². The second-order valence-electron chi connectivity index (χ2n) is 1.68. The molecule has 0 saturated carbocycles. The van der Waals surface area contributed by atoms with E-state index in [1.807, 2.05) is 6.92 Å². The number of hydrogen-bond donors (Lipinski definition) is 2. The van der Waals surface area contributed by atoms with Gasteiger partial charge in [-0.05, 0) is 6.92 Å². The van der Waals surface area contributed by atoms with Gasteiger partial charge in [0.2, 0.25) is 0 Å². The van der Waals surface area contributed by atoms with Gasteiger partial charge in [0.1, 0.15) is 11.4 Å². The van der Waals surface area contributed by atoms with Crippen LogP contribution in [0.4, 0.5) is 0 Å². The third kappa shape index (κ3) is 1.94. The van der Waals surface area contributed by atoms with E-state index in [1.54, 1.807) is 0 Å². The zero-order chi connectivity index (χ0) is 6.69. The molecular formula is C4H9ClN4O. The molecule has 0 radical (unpaired) electrons. The van der Waals surface area contributed by atoms with Gasteiger partial charge in [-0.25, -0.2) is 4.63 Å². The van der Waals surface area contributed by atoms with Crippen molar-refractivity contribution in [3.8, 4) is 0 Å². The smallest absolute Gasteiger partial charge is 0.123 e. The molecule has 1 aromatic rings. The molecule has 1 aromatic heterocycles. The number of nitrogens with one attached hydrogen (secondary N) is 1. The summed E-state index contributed by atoms with van der Waals surface area (Å²) in [6.07, 6.45) is 0. The maximum Gasteiger partial charge on any atom is 0.123 e. The number of nitrogens with two attached hydrogens (primary N) is 1. The van der Waals surface area contributed by atoms with Gasteiger partial charge in [0.15, 0.2) is 0 Å². The minimum absolute atomic E-state index is 0. The Hall–Kier alpha value is -0.650. The molecule has 0 fully saturated rings. The molecule has 0 aliphatic heterocycles. The lowest BCUT2D eigenvalue weighted by Crippen LogP contribution is -2.21. The quantitative estimate of drug-likeness (QED) is 0.466. The second kappa shape index (κ2) is 4.21. The standard InChI is InChI=1S/C4H8N4O.ClH/c1-3-4(2-6-5)8-9-7-3;/h6H,2,5H2,1H3;1H. The van der Waals surface area contributed by atoms with E-state index < -0.39 is 0 Å². The normalized spacial score (nSPS) is 9.00. The molecule has 1 rings (SSSR count). The second-order valence-corrected chi connectivity index (χ2v) is 1.68. The summed E-state index contributed by atoms with van der Waals surface area (Å²) >= 11 is 0. The number of hydrogen-bond acceptors (Lipinski definition) is 5. The van der Waals surface area contributed by atoms with Crippen LogP contribution in [0.2, 0.25) is 0 Å². The van der Waals surface area contributed by atoms with Crippen LogP contribution in [0.15, 0.2) is 4.63 Å². The summed E-state index contributed by atoms with van der Waals surface area (Å²) in [6.45, 7) is 2.30. The van der Waals surface area contributed by atoms with E-state index in [2.05, 4.69) is 20.4 Å². The molecule has 0 bridgehead atoms. The Morgan fingerprint density at radius 1 is 1.60 bits per heavy atom. The molecule has 0 aliphatic rings. The molecule has 5 nitrogen and oxygen atoms in total. The zero-order valence-electron chi connectivity index (χ0n) is 5.50. The average molecular weight is 165 g/mol. The van der Waals surface area contributed by atoms with E-state index in [4.69, 9.17) is 5.84 Å². The van der Waals surface area contributed by atoms with Gasteiger partial charge < -0.3 is 0 Å². The van der Waals surface area contributed by atoms with Crippen molar-refractivity contribution in [1.29, 1.82) is 0 Å². The fourth-order valence-corrected chi connectivity index (χ4v) is 0.507. The van der Waals surface area contributed by atoms with Gasteiger partial charge in [0.25, 0.3) is 0 Å². The fourth-order valence-electron chi connectivity index (χ4n) is 0.507. The maximum absolute atomic E-state index is 5.03. The third-order valence-electron chi connectivity index (χ3n) is 1.02. The van der Waals surface area contributed by atoms with Crippen molar-refractivity contribution in [1.82, 2.24) is 15.7 Å². The summed E-state index contributed by atoms with van der Waals surface area (Å²) in [4.78, 5) is 0. The Balaban J connectivity index is 0.000000810. The first-order valence-corrected chi connectivity index (χ1v) is 2.56. The highest BCUT2D eigenvalue weighted by Gasteiger charge is 2.01. The van der Waals surface area contributed by atoms with E-state index >= 15 is 0 Å². The Bertz CT molecular complexity index is 189. The highest BCUT2D eigenvalue weighted by molar-refractivity contribution is 5.85. The van der Waals surface area contributed by atoms with Crippen molar-refractivity contribution in [3.05, 3.63) is 11.4 Å². The van der Waals surface area contributed by atoms with E-state index in [0.717, 1.165) is 11.4 Å². The SMILES string of the molecule is Cc1nonc1CNN.Cl. The lowest BCUT2D eigenvalue weighted by atomic mass is 10.3. The number of rotatable bonds is 2. The van der Waals surface area contributed by atoms with Gasteiger partial charge in [-0.3, -0.25) is 11.3 Å². The average Bonchev–Trinajstić information content (AvgIpc) is 2.18. The molecule has 0 amide bonds. The van der Waals surface area contributed by atoms with Gasteiger partial charge in [-0.1, -0.05) is 10.3 Å². The highest BCUT2D eigenvalue weighted by atomic mass is 35.5. The molecule has 58 valence electrons. The van der Waals surface area contributed by atoms with Crippen LogP contribution in [0.1, 0.15) is 11.4 Å².